The van der Waals surface area contributed by atoms with Gasteiger partial charge in [0, 0.05) is 0 Å². The third-order valence-corrected chi connectivity index (χ3v) is 16.9. The van der Waals surface area contributed by atoms with E-state index in [1.54, 1.807) is 0 Å². The van der Waals surface area contributed by atoms with Gasteiger partial charge < -0.3 is 204 Å². The first kappa shape index (κ1) is 99.7. The topological polar surface area (TPSA) is 771 Å². The predicted molar refractivity (Wildman–Crippen MR) is 248 cm³/mol. The summed E-state index contributed by atoms with van der Waals surface area (Å²) in [6.45, 7) is -9.37. The van der Waals surface area contributed by atoms with Crippen LogP contribution in [0.4, 0.5) is 0 Å². The number of hydrogen-bond acceptors (Lipinski definition) is 42. The number of phosphoric acid groups is 6. The summed E-state index contributed by atoms with van der Waals surface area (Å²) >= 11 is 0. The van der Waals surface area contributed by atoms with Crippen LogP contribution in [-0.2, 0) is 111 Å². The second-order valence-corrected chi connectivity index (χ2v) is 27.5. The van der Waals surface area contributed by atoms with E-state index in [0.29, 0.717) is 0 Å². The molecule has 0 aromatic carbocycles. The van der Waals surface area contributed by atoms with E-state index in [-0.39, 0.29) is 177 Å². The molecule has 22 rings (SSSR count). The fourth-order valence-electron chi connectivity index (χ4n) is 9.86. The Kier molecular flexibility index (Phi) is 42.9. The number of rotatable bonds is 18. The zero-order chi connectivity index (χ0) is 67.3. The Morgan fingerprint density at radius 3 is 0.417 bits per heavy atom. The summed E-state index contributed by atoms with van der Waals surface area (Å²) < 4.78 is 164. The van der Waals surface area contributed by atoms with E-state index >= 15 is 0 Å². The molecule has 0 aromatic heterocycles. The summed E-state index contributed by atoms with van der Waals surface area (Å²) in [4.78, 5) is 128. The number of aliphatic hydroxyl groups is 12. The van der Waals surface area contributed by atoms with Gasteiger partial charge in [-0.3, -0.25) is 27.4 Å². The minimum absolute atomic E-state index is 0. The molecule has 18 N–H and O–H groups in total. The standard InChI is InChI=1S/C36H66O48P6.6Na/c37-13-19(43)31-73-7(1-67-85(49,50)51)25(13)79-32-20(44)14(38)27(9(74-32)3-69-87(55,56)57)81-34-22(46)16(40)29(11(76-34)5-71-89(61,62)63)83-36-24(48)18(42)30(12(78-36)6-72-90(64,65)66)84-35-23(47)17(41)28(10(77-35)4-70-88(58,59)60)82-33-21(45)15(39)26(80-31)8(75-33)2-68-86(52,53)54;;;;;;/h7-48H,1-6H2,(H2,49,50,51)(H2,52,53,54)(H2,55,56,57)(H2,58,59,60)(H2,61,62,63)(H2,64,65,66);;;;;;/q;6*+1/p-6. The molecule has 22 aliphatic rings. The van der Waals surface area contributed by atoms with E-state index in [4.69, 9.17) is 56.8 Å². The Morgan fingerprint density at radius 1 is 0.219 bits per heavy atom. The molecular formula is C36H60Na6O48P6. The second kappa shape index (κ2) is 41.3. The van der Waals surface area contributed by atoms with Gasteiger partial charge in [-0.15, -0.1) is 0 Å². The fourth-order valence-corrected chi connectivity index (χ4v) is 11.9. The normalized spacial score (nSPS) is 45.1. The zero-order valence-corrected chi connectivity index (χ0v) is 67.9. The predicted octanol–water partition coefficient (Wildman–Crippen LogP) is -34.1. The van der Waals surface area contributed by atoms with Crippen LogP contribution in [-0.4, -0.2) is 315 Å². The third kappa shape index (κ3) is 28.2. The van der Waals surface area contributed by atoms with Crippen molar-refractivity contribution in [1.82, 2.24) is 0 Å². The zero-order valence-electron chi connectivity index (χ0n) is 50.5. The van der Waals surface area contributed by atoms with Crippen molar-refractivity contribution < 1.29 is 409 Å². The van der Waals surface area contributed by atoms with Crippen molar-refractivity contribution in [2.45, 2.75) is 184 Å². The maximum atomic E-state index is 11.9. The Labute approximate surface area is 671 Å². The molecular weight excluding hydrogens is 1520 g/mol. The Bertz CT molecular complexity index is 2220. The van der Waals surface area contributed by atoms with Crippen molar-refractivity contribution >= 4 is 46.9 Å². The number of aliphatic hydroxyl groups excluding tert-OH is 12. The molecule has 36 unspecified atom stereocenters. The van der Waals surface area contributed by atoms with Gasteiger partial charge in [-0.25, -0.2) is 0 Å². The third-order valence-electron chi connectivity index (χ3n) is 14.0. The first-order chi connectivity index (χ1) is 41.3. The monoisotopic (exact) mass is 1580 g/mol. The average Bonchev–Trinajstić information content (AvgIpc) is 0.778. The first-order valence-electron chi connectivity index (χ1n) is 25.4. The smallest absolute Gasteiger partial charge is 0.756 e. The minimum Gasteiger partial charge on any atom is -0.756 e. The van der Waals surface area contributed by atoms with E-state index in [9.17, 15) is 147 Å². The molecule has 0 saturated carbocycles. The molecule has 0 aliphatic carbocycles. The van der Waals surface area contributed by atoms with Crippen LogP contribution in [0.3, 0.4) is 0 Å². The molecule has 36 atom stereocenters. The van der Waals surface area contributed by atoms with Gasteiger partial charge in [-0.05, 0) is 0 Å². The molecule has 12 bridgehead atoms. The Hall–Kier alpha value is 5.70. The molecule has 48 nitrogen and oxygen atoms in total. The fraction of sp³-hybridized carbons (Fsp3) is 1.00. The molecule has 22 aliphatic heterocycles. The maximum absolute atomic E-state index is 11.9. The van der Waals surface area contributed by atoms with Crippen LogP contribution < -0.4 is 207 Å². The first-order valence-corrected chi connectivity index (χ1v) is 34.4. The van der Waals surface area contributed by atoms with Gasteiger partial charge >= 0.3 is 177 Å². The van der Waals surface area contributed by atoms with Gasteiger partial charge in [0.15, 0.2) is 37.7 Å². The molecule has 22 fully saturated rings. The van der Waals surface area contributed by atoms with E-state index in [1.165, 1.54) is 0 Å². The summed E-state index contributed by atoms with van der Waals surface area (Å²) in [5.74, 6) is 0. The molecule has 0 radical (unpaired) electrons. The largest absolute Gasteiger partial charge is 1.00 e. The van der Waals surface area contributed by atoms with E-state index in [0.717, 1.165) is 0 Å². The quantitative estimate of drug-likeness (QED) is 0.0448. The SMILES string of the molecule is O=P([O-])(O)OCC1OC2OC3C(COP(=O)([O-])O)OC(OC4C(COP(=O)([O-])O)OC(OC5C(COP(=O)([O-])O)OC(OC6C(COP(=O)([O-])O)OC(OC7C(COP(=O)([O-])O)OC(OC1C(O)C2O)C(O)C7O)C(O)C6O)C(O)C5O)C(O)C4O)C(O)C3O.[Na+].[Na+].[Na+].[Na+].[Na+].[Na+]. The van der Waals surface area contributed by atoms with Crippen LogP contribution in [0, 0.1) is 0 Å². The molecule has 22 heterocycles. The van der Waals surface area contributed by atoms with Crippen molar-refractivity contribution in [3.63, 3.8) is 0 Å². The van der Waals surface area contributed by atoms with Gasteiger partial charge in [0.05, 0.1) is 39.6 Å². The van der Waals surface area contributed by atoms with Crippen LogP contribution in [0.15, 0.2) is 0 Å². The average molecular weight is 1580 g/mol. The van der Waals surface area contributed by atoms with Gasteiger partial charge in [0.2, 0.25) is 0 Å². The summed E-state index contributed by atoms with van der Waals surface area (Å²) in [6, 6.07) is 0. The maximum Gasteiger partial charge on any atom is 1.00 e. The van der Waals surface area contributed by atoms with Crippen LogP contribution in [0.2, 0.25) is 0 Å². The van der Waals surface area contributed by atoms with E-state index < -0.39 is 271 Å². The van der Waals surface area contributed by atoms with Gasteiger partial charge in [0.25, 0.3) is 46.9 Å². The van der Waals surface area contributed by atoms with Gasteiger partial charge in [-0.2, -0.15) is 0 Å². The van der Waals surface area contributed by atoms with E-state index in [2.05, 4.69) is 27.1 Å². The van der Waals surface area contributed by atoms with Crippen LogP contribution in [0.1, 0.15) is 0 Å². The summed E-state index contributed by atoms with van der Waals surface area (Å²) in [6.07, 6.45) is -77.0. The van der Waals surface area contributed by atoms with Crippen LogP contribution in [0.25, 0.3) is 0 Å². The van der Waals surface area contributed by atoms with E-state index in [1.807, 2.05) is 0 Å². The molecule has 0 spiro atoms. The van der Waals surface area contributed by atoms with Crippen molar-refractivity contribution in [3.05, 3.63) is 0 Å². The number of phosphoric ester groups is 6. The second-order valence-electron chi connectivity index (χ2n) is 20.3. The minimum atomic E-state index is -5.90. The van der Waals surface area contributed by atoms with Gasteiger partial charge in [-0.1, -0.05) is 0 Å². The Morgan fingerprint density at radius 2 is 0.323 bits per heavy atom. The van der Waals surface area contributed by atoms with Crippen LogP contribution in [0.5, 0.6) is 0 Å². The molecule has 96 heavy (non-hydrogen) atoms. The molecule has 60 heteroatoms. The van der Waals surface area contributed by atoms with Crippen molar-refractivity contribution in [3.8, 4) is 0 Å². The molecule has 528 valence electrons. The van der Waals surface area contributed by atoms with Gasteiger partial charge in [0.1, 0.15) is 146 Å². The summed E-state index contributed by atoms with van der Waals surface area (Å²) in [5.41, 5.74) is 0. The van der Waals surface area contributed by atoms with Crippen molar-refractivity contribution in [2.24, 2.45) is 0 Å². The molecule has 0 amide bonds. The summed E-state index contributed by atoms with van der Waals surface area (Å²) in [7, 11) is -35.4. The van der Waals surface area contributed by atoms with Crippen LogP contribution >= 0.6 is 46.9 Å². The van der Waals surface area contributed by atoms with Crippen molar-refractivity contribution in [1.29, 1.82) is 0 Å². The Balaban J connectivity index is 0.00000768. The molecule has 0 aromatic rings. The van der Waals surface area contributed by atoms with Crippen molar-refractivity contribution in [2.75, 3.05) is 39.6 Å². The number of hydrogen-bond donors (Lipinski definition) is 18. The summed E-state index contributed by atoms with van der Waals surface area (Å²) in [5, 5.41) is 138. The molecule has 22 saturated heterocycles. The number of ether oxygens (including phenoxy) is 12.